The molecule has 6 nitrogen and oxygen atoms in total. The molecule has 18 heavy (non-hydrogen) atoms. The molecule has 0 atom stereocenters. The number of unbranched alkanes of at least 4 members (excludes halogenated alkanes) is 2. The Morgan fingerprint density at radius 1 is 1.06 bits per heavy atom. The van der Waals surface area contributed by atoms with E-state index in [0.717, 1.165) is 12.8 Å². The first kappa shape index (κ1) is 14.6. The molecule has 0 aliphatic heterocycles. The lowest BCUT2D eigenvalue weighted by atomic mass is 10.2. The topological polar surface area (TPSA) is 91.4 Å². The Bertz CT molecular complexity index is 383. The summed E-state index contributed by atoms with van der Waals surface area (Å²) >= 11 is 0. The Kier molecular flexibility index (Phi) is 7.03. The van der Waals surface area contributed by atoms with E-state index in [9.17, 15) is 0 Å². The van der Waals surface area contributed by atoms with Crippen LogP contribution in [0, 0.1) is 11.8 Å². The first-order valence-corrected chi connectivity index (χ1v) is 6.07. The van der Waals surface area contributed by atoms with Crippen LogP contribution < -0.4 is 0 Å². The van der Waals surface area contributed by atoms with Crippen molar-refractivity contribution in [1.82, 2.24) is 15.0 Å². The van der Waals surface area contributed by atoms with E-state index < -0.39 is 0 Å². The molecule has 1 rings (SSSR count). The summed E-state index contributed by atoms with van der Waals surface area (Å²) in [5.41, 5.74) is 1.31. The normalized spacial score (nSPS) is 10.2. The van der Waals surface area contributed by atoms with Gasteiger partial charge in [-0.1, -0.05) is 11.1 Å². The van der Waals surface area contributed by atoms with Gasteiger partial charge in [-0.25, -0.2) is 4.68 Å². The molecule has 0 amide bonds. The standard InChI is InChI=1S/C12H19N3O3/c16-8-4-2-1-3-5-12-11(6-9-17)13-14-15(12)7-10-18/h16-18H,1-2,4,6-10H2. The minimum Gasteiger partial charge on any atom is -0.396 e. The first-order valence-electron chi connectivity index (χ1n) is 6.07. The summed E-state index contributed by atoms with van der Waals surface area (Å²) in [6.07, 6.45) is 2.70. The van der Waals surface area contributed by atoms with E-state index in [-0.39, 0.29) is 19.8 Å². The van der Waals surface area contributed by atoms with Gasteiger partial charge in [0.1, 0.15) is 11.4 Å². The second-order valence-corrected chi connectivity index (χ2v) is 3.79. The van der Waals surface area contributed by atoms with Gasteiger partial charge in [0.2, 0.25) is 0 Å². The SMILES string of the molecule is OCCCCC#Cc1c(CCO)nnn1CCO. The summed E-state index contributed by atoms with van der Waals surface area (Å²) in [4.78, 5) is 0. The molecule has 0 aliphatic carbocycles. The maximum absolute atomic E-state index is 8.92. The van der Waals surface area contributed by atoms with Crippen LogP contribution in [0.15, 0.2) is 0 Å². The fraction of sp³-hybridized carbons (Fsp3) is 0.667. The minimum absolute atomic E-state index is 0.00297. The number of aliphatic hydroxyl groups is 3. The summed E-state index contributed by atoms with van der Waals surface area (Å²) in [5.74, 6) is 5.97. The Labute approximate surface area is 106 Å². The van der Waals surface area contributed by atoms with Gasteiger partial charge in [0.25, 0.3) is 0 Å². The zero-order valence-corrected chi connectivity index (χ0v) is 10.3. The second kappa shape index (κ2) is 8.64. The van der Waals surface area contributed by atoms with Gasteiger partial charge in [0.15, 0.2) is 0 Å². The zero-order chi connectivity index (χ0) is 13.2. The maximum Gasteiger partial charge on any atom is 0.134 e. The molecule has 1 heterocycles. The van der Waals surface area contributed by atoms with Crippen LogP contribution in [0.2, 0.25) is 0 Å². The lowest BCUT2D eigenvalue weighted by Crippen LogP contribution is -2.07. The molecule has 0 saturated carbocycles. The highest BCUT2D eigenvalue weighted by molar-refractivity contribution is 5.31. The number of aromatic nitrogens is 3. The second-order valence-electron chi connectivity index (χ2n) is 3.79. The van der Waals surface area contributed by atoms with Crippen LogP contribution in [0.4, 0.5) is 0 Å². The van der Waals surface area contributed by atoms with Crippen LogP contribution in [0.1, 0.15) is 30.7 Å². The Morgan fingerprint density at radius 2 is 1.89 bits per heavy atom. The van der Waals surface area contributed by atoms with Crippen LogP contribution in [0.3, 0.4) is 0 Å². The van der Waals surface area contributed by atoms with Gasteiger partial charge < -0.3 is 15.3 Å². The van der Waals surface area contributed by atoms with Crippen molar-refractivity contribution in [3.63, 3.8) is 0 Å². The van der Waals surface area contributed by atoms with Crippen molar-refractivity contribution in [3.05, 3.63) is 11.4 Å². The molecular formula is C12H19N3O3. The molecule has 0 aromatic carbocycles. The van der Waals surface area contributed by atoms with E-state index >= 15 is 0 Å². The van der Waals surface area contributed by atoms with Crippen LogP contribution in [-0.2, 0) is 13.0 Å². The Hall–Kier alpha value is -1.42. The molecular weight excluding hydrogens is 234 g/mol. The zero-order valence-electron chi connectivity index (χ0n) is 10.3. The lowest BCUT2D eigenvalue weighted by Gasteiger charge is -1.99. The summed E-state index contributed by atoms with van der Waals surface area (Å²) < 4.78 is 1.55. The predicted molar refractivity (Wildman–Crippen MR) is 65.7 cm³/mol. The molecule has 0 fully saturated rings. The van der Waals surface area contributed by atoms with E-state index in [1.165, 1.54) is 0 Å². The predicted octanol–water partition coefficient (Wildman–Crippen LogP) is -0.681. The van der Waals surface area contributed by atoms with E-state index in [1.54, 1.807) is 4.68 Å². The average molecular weight is 253 g/mol. The van der Waals surface area contributed by atoms with Crippen molar-refractivity contribution in [3.8, 4) is 11.8 Å². The average Bonchev–Trinajstić information content (AvgIpc) is 2.73. The Balaban J connectivity index is 2.72. The molecule has 100 valence electrons. The van der Waals surface area contributed by atoms with Gasteiger partial charge in [-0.15, -0.1) is 5.10 Å². The van der Waals surface area contributed by atoms with E-state index in [4.69, 9.17) is 15.3 Å². The number of aliphatic hydroxyl groups excluding tert-OH is 3. The highest BCUT2D eigenvalue weighted by atomic mass is 16.3. The summed E-state index contributed by atoms with van der Waals surface area (Å²) in [5, 5.41) is 34.3. The monoisotopic (exact) mass is 253 g/mol. The van der Waals surface area contributed by atoms with Crippen LogP contribution >= 0.6 is 0 Å². The van der Waals surface area contributed by atoms with Crippen molar-refractivity contribution in [2.45, 2.75) is 32.2 Å². The minimum atomic E-state index is -0.0267. The number of hydrogen-bond donors (Lipinski definition) is 3. The van der Waals surface area contributed by atoms with E-state index in [1.807, 2.05) is 0 Å². The highest BCUT2D eigenvalue weighted by Gasteiger charge is 2.09. The molecule has 0 bridgehead atoms. The van der Waals surface area contributed by atoms with Crippen LogP contribution in [0.5, 0.6) is 0 Å². The van der Waals surface area contributed by atoms with Crippen molar-refractivity contribution in [2.75, 3.05) is 19.8 Å². The first-order chi connectivity index (χ1) is 8.83. The number of rotatable bonds is 7. The lowest BCUT2D eigenvalue weighted by molar-refractivity contribution is 0.267. The molecule has 6 heteroatoms. The molecule has 1 aromatic heterocycles. The van der Waals surface area contributed by atoms with Crippen molar-refractivity contribution in [1.29, 1.82) is 0 Å². The Morgan fingerprint density at radius 3 is 2.56 bits per heavy atom. The quantitative estimate of drug-likeness (QED) is 0.442. The molecule has 3 N–H and O–H groups in total. The maximum atomic E-state index is 8.92. The fourth-order valence-corrected chi connectivity index (χ4v) is 1.48. The number of nitrogens with zero attached hydrogens (tertiary/aromatic N) is 3. The van der Waals surface area contributed by atoms with Crippen molar-refractivity contribution >= 4 is 0 Å². The third kappa shape index (κ3) is 4.45. The summed E-state index contributed by atoms with van der Waals surface area (Å²) in [7, 11) is 0. The van der Waals surface area contributed by atoms with Gasteiger partial charge in [-0.05, 0) is 18.8 Å². The van der Waals surface area contributed by atoms with Gasteiger partial charge in [-0.3, -0.25) is 0 Å². The van der Waals surface area contributed by atoms with E-state index in [2.05, 4.69) is 22.2 Å². The molecule has 0 unspecified atom stereocenters. The number of hydrogen-bond acceptors (Lipinski definition) is 5. The van der Waals surface area contributed by atoms with Crippen LogP contribution in [0.25, 0.3) is 0 Å². The van der Waals surface area contributed by atoms with Gasteiger partial charge >= 0.3 is 0 Å². The third-order valence-corrected chi connectivity index (χ3v) is 2.38. The summed E-state index contributed by atoms with van der Waals surface area (Å²) in [6, 6.07) is 0. The largest absolute Gasteiger partial charge is 0.396 e. The van der Waals surface area contributed by atoms with Gasteiger partial charge in [0.05, 0.1) is 13.2 Å². The molecule has 0 spiro atoms. The van der Waals surface area contributed by atoms with Crippen molar-refractivity contribution in [2.24, 2.45) is 0 Å². The fourth-order valence-electron chi connectivity index (χ4n) is 1.48. The molecule has 0 radical (unpaired) electrons. The third-order valence-electron chi connectivity index (χ3n) is 2.38. The van der Waals surface area contributed by atoms with Gasteiger partial charge in [-0.2, -0.15) is 0 Å². The molecule has 0 aliphatic rings. The van der Waals surface area contributed by atoms with Crippen molar-refractivity contribution < 1.29 is 15.3 Å². The smallest absolute Gasteiger partial charge is 0.134 e. The van der Waals surface area contributed by atoms with Crippen LogP contribution in [-0.4, -0.2) is 50.1 Å². The molecule has 0 saturated heterocycles. The highest BCUT2D eigenvalue weighted by Crippen LogP contribution is 2.05. The molecule has 1 aromatic rings. The summed E-state index contributed by atoms with van der Waals surface area (Å²) in [6.45, 7) is 0.499. The van der Waals surface area contributed by atoms with E-state index in [0.29, 0.717) is 30.8 Å². The van der Waals surface area contributed by atoms with Gasteiger partial charge in [0, 0.05) is 26.1 Å².